The number of anilines is 1. The first kappa shape index (κ1) is 12.1. The summed E-state index contributed by atoms with van der Waals surface area (Å²) in [5.41, 5.74) is 0. The Morgan fingerprint density at radius 3 is 2.62 bits per heavy atom. The maximum Gasteiger partial charge on any atom is 0.222 e. The molecule has 0 amide bonds. The quantitative estimate of drug-likeness (QED) is 0.666. The Hall–Kier alpha value is -0.390. The lowest BCUT2D eigenvalue weighted by molar-refractivity contribution is 0.454. The number of halogens is 1. The number of hydrogen-bond donors (Lipinski definition) is 1. The van der Waals surface area contributed by atoms with E-state index in [-0.39, 0.29) is 0 Å². The third-order valence-corrected chi connectivity index (χ3v) is 3.85. The Morgan fingerprint density at radius 1 is 1.19 bits per heavy atom. The summed E-state index contributed by atoms with van der Waals surface area (Å²) in [6.07, 6.45) is 10.3. The number of nitrogens with zero attached hydrogens (tertiary/aromatic N) is 2. The monoisotopic (exact) mass is 331 g/mol. The second-order valence-corrected chi connectivity index (χ2v) is 5.84. The third kappa shape index (κ3) is 3.30. The molecular weight excluding hydrogens is 313 g/mol. The predicted molar refractivity (Wildman–Crippen MR) is 74.4 cm³/mol. The lowest BCUT2D eigenvalue weighted by atomic mass is 9.97. The van der Waals surface area contributed by atoms with Crippen molar-refractivity contribution in [2.75, 3.05) is 5.32 Å². The molecule has 0 radical (unpaired) electrons. The van der Waals surface area contributed by atoms with Crippen molar-refractivity contribution in [2.45, 2.75) is 45.1 Å². The molecule has 0 bridgehead atoms. The van der Waals surface area contributed by atoms with E-state index in [9.17, 15) is 0 Å². The van der Waals surface area contributed by atoms with E-state index in [4.69, 9.17) is 0 Å². The van der Waals surface area contributed by atoms with Crippen molar-refractivity contribution in [1.82, 2.24) is 9.97 Å². The van der Waals surface area contributed by atoms with Gasteiger partial charge in [-0.3, -0.25) is 0 Å². The summed E-state index contributed by atoms with van der Waals surface area (Å²) in [6, 6.07) is 0.544. The smallest absolute Gasteiger partial charge is 0.222 e. The topological polar surface area (TPSA) is 37.8 Å². The molecule has 88 valence electrons. The summed E-state index contributed by atoms with van der Waals surface area (Å²) in [5.74, 6) is 1.50. The Balaban J connectivity index is 1.99. The molecule has 1 aliphatic carbocycles. The predicted octanol–water partition coefficient (Wildman–Crippen LogP) is 3.46. The number of aromatic nitrogens is 2. The fourth-order valence-electron chi connectivity index (χ4n) is 2.26. The molecule has 1 aromatic heterocycles. The first-order valence-electron chi connectivity index (χ1n) is 6.00. The van der Waals surface area contributed by atoms with Crippen molar-refractivity contribution in [3.8, 4) is 0 Å². The van der Waals surface area contributed by atoms with Gasteiger partial charge in [0, 0.05) is 22.0 Å². The SMILES string of the molecule is CC1CCCCCC1Nc1ncc(I)cn1. The van der Waals surface area contributed by atoms with Gasteiger partial charge in [0.25, 0.3) is 0 Å². The van der Waals surface area contributed by atoms with Gasteiger partial charge in [0.1, 0.15) is 0 Å². The fraction of sp³-hybridized carbons (Fsp3) is 0.667. The van der Waals surface area contributed by atoms with Gasteiger partial charge in [-0.1, -0.05) is 26.2 Å². The summed E-state index contributed by atoms with van der Waals surface area (Å²) in [7, 11) is 0. The normalized spacial score (nSPS) is 26.1. The minimum Gasteiger partial charge on any atom is -0.351 e. The second-order valence-electron chi connectivity index (χ2n) is 4.59. The highest BCUT2D eigenvalue weighted by Crippen LogP contribution is 2.24. The van der Waals surface area contributed by atoms with Gasteiger partial charge in [0.15, 0.2) is 0 Å². The fourth-order valence-corrected chi connectivity index (χ4v) is 2.54. The Labute approximate surface area is 111 Å². The summed E-state index contributed by atoms with van der Waals surface area (Å²) in [5, 5.41) is 3.47. The highest BCUT2D eigenvalue weighted by molar-refractivity contribution is 14.1. The summed E-state index contributed by atoms with van der Waals surface area (Å²) in [4.78, 5) is 8.62. The molecule has 16 heavy (non-hydrogen) atoms. The zero-order valence-electron chi connectivity index (χ0n) is 9.62. The van der Waals surface area contributed by atoms with Gasteiger partial charge in [0.05, 0.1) is 0 Å². The first-order valence-corrected chi connectivity index (χ1v) is 7.07. The summed E-state index contributed by atoms with van der Waals surface area (Å²) < 4.78 is 1.08. The van der Waals surface area contributed by atoms with E-state index >= 15 is 0 Å². The molecular formula is C12H18IN3. The van der Waals surface area contributed by atoms with Crippen LogP contribution < -0.4 is 5.32 Å². The van der Waals surface area contributed by atoms with E-state index in [0.29, 0.717) is 6.04 Å². The lowest BCUT2D eigenvalue weighted by Crippen LogP contribution is -2.27. The molecule has 0 aliphatic heterocycles. The Bertz CT molecular complexity index is 326. The Morgan fingerprint density at radius 2 is 1.88 bits per heavy atom. The van der Waals surface area contributed by atoms with Crippen LogP contribution in [0.5, 0.6) is 0 Å². The van der Waals surface area contributed by atoms with Crippen LogP contribution in [0, 0.1) is 9.49 Å². The van der Waals surface area contributed by atoms with Crippen molar-refractivity contribution < 1.29 is 0 Å². The lowest BCUT2D eigenvalue weighted by Gasteiger charge is -2.22. The summed E-state index contributed by atoms with van der Waals surface area (Å²) >= 11 is 2.22. The van der Waals surface area contributed by atoms with Gasteiger partial charge in [-0.25, -0.2) is 9.97 Å². The molecule has 1 aliphatic rings. The van der Waals surface area contributed by atoms with Crippen molar-refractivity contribution in [3.05, 3.63) is 16.0 Å². The molecule has 1 aromatic rings. The Kier molecular flexibility index (Phi) is 4.37. The molecule has 1 N–H and O–H groups in total. The van der Waals surface area contributed by atoms with Gasteiger partial charge >= 0.3 is 0 Å². The number of hydrogen-bond acceptors (Lipinski definition) is 3. The van der Waals surface area contributed by atoms with E-state index in [2.05, 4.69) is 44.8 Å². The van der Waals surface area contributed by atoms with Crippen LogP contribution >= 0.6 is 22.6 Å². The van der Waals surface area contributed by atoms with Crippen LogP contribution in [0.2, 0.25) is 0 Å². The molecule has 0 aromatic carbocycles. The zero-order chi connectivity index (χ0) is 11.4. The zero-order valence-corrected chi connectivity index (χ0v) is 11.8. The van der Waals surface area contributed by atoms with E-state index in [1.54, 1.807) is 0 Å². The van der Waals surface area contributed by atoms with Crippen LogP contribution in [0.4, 0.5) is 5.95 Å². The van der Waals surface area contributed by atoms with Gasteiger partial charge in [-0.05, 0) is 41.4 Å². The molecule has 4 heteroatoms. The van der Waals surface area contributed by atoms with Gasteiger partial charge < -0.3 is 5.32 Å². The third-order valence-electron chi connectivity index (χ3n) is 3.30. The average molecular weight is 331 g/mol. The molecule has 1 fully saturated rings. The minimum absolute atomic E-state index is 0.544. The van der Waals surface area contributed by atoms with Gasteiger partial charge in [-0.15, -0.1) is 0 Å². The summed E-state index contributed by atoms with van der Waals surface area (Å²) in [6.45, 7) is 2.33. The number of nitrogens with one attached hydrogen (secondary N) is 1. The van der Waals surface area contributed by atoms with E-state index in [1.165, 1.54) is 32.1 Å². The van der Waals surface area contributed by atoms with Crippen molar-refractivity contribution in [1.29, 1.82) is 0 Å². The van der Waals surface area contributed by atoms with Crippen LogP contribution in [-0.4, -0.2) is 16.0 Å². The van der Waals surface area contributed by atoms with Gasteiger partial charge in [0.2, 0.25) is 5.95 Å². The van der Waals surface area contributed by atoms with E-state index in [1.807, 2.05) is 12.4 Å². The number of rotatable bonds is 2. The molecule has 2 unspecified atom stereocenters. The highest BCUT2D eigenvalue weighted by Gasteiger charge is 2.20. The molecule has 0 spiro atoms. The molecule has 1 saturated carbocycles. The minimum atomic E-state index is 0.544. The van der Waals surface area contributed by atoms with Crippen LogP contribution in [0.15, 0.2) is 12.4 Å². The molecule has 2 rings (SSSR count). The van der Waals surface area contributed by atoms with Crippen LogP contribution in [0.1, 0.15) is 39.0 Å². The first-order chi connectivity index (χ1) is 7.75. The maximum absolute atomic E-state index is 4.31. The molecule has 3 nitrogen and oxygen atoms in total. The standard InChI is InChI=1S/C12H18IN3/c1-9-5-3-2-4-6-11(9)16-12-14-7-10(13)8-15-12/h7-9,11H,2-6H2,1H3,(H,14,15,16). The largest absolute Gasteiger partial charge is 0.351 e. The average Bonchev–Trinajstić information content (AvgIpc) is 2.48. The van der Waals surface area contributed by atoms with Crippen LogP contribution in [-0.2, 0) is 0 Å². The van der Waals surface area contributed by atoms with Crippen LogP contribution in [0.25, 0.3) is 0 Å². The van der Waals surface area contributed by atoms with E-state index in [0.717, 1.165) is 15.4 Å². The van der Waals surface area contributed by atoms with Crippen LogP contribution in [0.3, 0.4) is 0 Å². The highest BCUT2D eigenvalue weighted by atomic mass is 127. The van der Waals surface area contributed by atoms with Crippen molar-refractivity contribution in [3.63, 3.8) is 0 Å². The van der Waals surface area contributed by atoms with Crippen molar-refractivity contribution >= 4 is 28.5 Å². The molecule has 2 atom stereocenters. The maximum atomic E-state index is 4.31. The van der Waals surface area contributed by atoms with Gasteiger partial charge in [-0.2, -0.15) is 0 Å². The molecule has 1 heterocycles. The second kappa shape index (κ2) is 5.80. The van der Waals surface area contributed by atoms with E-state index < -0.39 is 0 Å². The molecule has 0 saturated heterocycles. The van der Waals surface area contributed by atoms with Crippen molar-refractivity contribution in [2.24, 2.45) is 5.92 Å².